The molecule has 0 bridgehead atoms. The van der Waals surface area contributed by atoms with Gasteiger partial charge in [0.25, 0.3) is 0 Å². The summed E-state index contributed by atoms with van der Waals surface area (Å²) in [5, 5.41) is 0. The van der Waals surface area contributed by atoms with Gasteiger partial charge in [-0.05, 0) is 27.2 Å². The predicted octanol–water partition coefficient (Wildman–Crippen LogP) is 1.93. The highest BCUT2D eigenvalue weighted by molar-refractivity contribution is 5.01. The van der Waals surface area contributed by atoms with Crippen LogP contribution in [-0.2, 0) is 4.74 Å². The summed E-state index contributed by atoms with van der Waals surface area (Å²) in [6, 6.07) is 0.310. The number of hydrogen-bond acceptors (Lipinski definition) is 2. The summed E-state index contributed by atoms with van der Waals surface area (Å²) >= 11 is 0. The van der Waals surface area contributed by atoms with Crippen molar-refractivity contribution in [3.05, 3.63) is 0 Å². The van der Waals surface area contributed by atoms with Crippen molar-refractivity contribution in [3.63, 3.8) is 0 Å². The van der Waals surface area contributed by atoms with E-state index in [4.69, 9.17) is 10.5 Å². The Morgan fingerprint density at radius 2 is 1.83 bits per heavy atom. The van der Waals surface area contributed by atoms with Gasteiger partial charge in [-0.2, -0.15) is 0 Å². The van der Waals surface area contributed by atoms with Gasteiger partial charge < -0.3 is 10.5 Å². The van der Waals surface area contributed by atoms with E-state index >= 15 is 0 Å². The van der Waals surface area contributed by atoms with Gasteiger partial charge in [0, 0.05) is 11.5 Å². The lowest BCUT2D eigenvalue weighted by Crippen LogP contribution is -2.60. The minimum Gasteiger partial charge on any atom is -0.372 e. The summed E-state index contributed by atoms with van der Waals surface area (Å²) in [5.74, 6) is 0. The Kier molecular flexibility index (Phi) is 2.26. The highest BCUT2D eigenvalue weighted by Crippen LogP contribution is 2.42. The lowest BCUT2D eigenvalue weighted by molar-refractivity contribution is -0.166. The van der Waals surface area contributed by atoms with Crippen molar-refractivity contribution < 1.29 is 4.74 Å². The number of rotatable bonds is 1. The van der Waals surface area contributed by atoms with Crippen LogP contribution in [0.5, 0.6) is 0 Å². The van der Waals surface area contributed by atoms with Crippen molar-refractivity contribution in [1.29, 1.82) is 0 Å². The molecule has 0 amide bonds. The Bertz CT molecular complexity index is 169. The van der Waals surface area contributed by atoms with Crippen LogP contribution in [0.15, 0.2) is 0 Å². The van der Waals surface area contributed by atoms with E-state index in [9.17, 15) is 0 Å². The minimum atomic E-state index is -0.0396. The van der Waals surface area contributed by atoms with Crippen molar-refractivity contribution in [2.75, 3.05) is 0 Å². The van der Waals surface area contributed by atoms with Gasteiger partial charge in [0.05, 0.1) is 11.7 Å². The molecule has 0 aromatic rings. The first-order chi connectivity index (χ1) is 5.23. The Hall–Kier alpha value is -0.0800. The molecule has 1 aliphatic carbocycles. The third-order valence-corrected chi connectivity index (χ3v) is 2.75. The first-order valence-corrected chi connectivity index (χ1v) is 4.67. The molecule has 0 radical (unpaired) electrons. The summed E-state index contributed by atoms with van der Waals surface area (Å²) in [6.45, 7) is 10.6. The van der Waals surface area contributed by atoms with Gasteiger partial charge in [-0.3, -0.25) is 0 Å². The van der Waals surface area contributed by atoms with E-state index in [2.05, 4.69) is 34.6 Å². The lowest BCUT2D eigenvalue weighted by Gasteiger charge is -2.51. The molecule has 0 aromatic heterocycles. The van der Waals surface area contributed by atoms with Crippen LogP contribution in [0.2, 0.25) is 0 Å². The fourth-order valence-electron chi connectivity index (χ4n) is 1.54. The van der Waals surface area contributed by atoms with E-state index in [1.165, 1.54) is 0 Å². The fraction of sp³-hybridized carbons (Fsp3) is 1.00. The molecule has 0 aliphatic heterocycles. The van der Waals surface area contributed by atoms with Crippen LogP contribution in [0, 0.1) is 5.41 Å². The Morgan fingerprint density at radius 3 is 2.08 bits per heavy atom. The number of nitrogens with two attached hydrogens (primary N) is 1. The van der Waals surface area contributed by atoms with Crippen LogP contribution >= 0.6 is 0 Å². The van der Waals surface area contributed by atoms with Crippen LogP contribution < -0.4 is 5.73 Å². The van der Waals surface area contributed by atoms with Crippen molar-refractivity contribution in [3.8, 4) is 0 Å². The molecule has 2 N–H and O–H groups in total. The molecule has 1 aliphatic rings. The van der Waals surface area contributed by atoms with Gasteiger partial charge in [-0.1, -0.05) is 13.8 Å². The molecule has 1 rings (SSSR count). The molecule has 0 saturated heterocycles. The van der Waals surface area contributed by atoms with Gasteiger partial charge >= 0.3 is 0 Å². The Morgan fingerprint density at radius 1 is 1.33 bits per heavy atom. The third-order valence-electron chi connectivity index (χ3n) is 2.75. The first-order valence-electron chi connectivity index (χ1n) is 4.67. The van der Waals surface area contributed by atoms with Crippen molar-refractivity contribution in [2.45, 2.75) is 58.8 Å². The molecule has 0 aromatic carbocycles. The average molecular weight is 171 g/mol. The van der Waals surface area contributed by atoms with E-state index in [1.807, 2.05) is 0 Å². The van der Waals surface area contributed by atoms with Crippen LogP contribution in [0.1, 0.15) is 41.0 Å². The Balaban J connectivity index is 2.48. The standard InChI is InChI=1S/C10H21NO/c1-9(2,3)12-8-6-7(11)10(8,4)5/h7-8H,6,11H2,1-5H3/t7-,8-/m1/s1. The summed E-state index contributed by atoms with van der Waals surface area (Å²) in [5.41, 5.74) is 6.01. The summed E-state index contributed by atoms with van der Waals surface area (Å²) < 4.78 is 5.88. The topological polar surface area (TPSA) is 35.2 Å². The molecule has 2 heteroatoms. The molecule has 2 atom stereocenters. The van der Waals surface area contributed by atoms with Crippen LogP contribution in [0.3, 0.4) is 0 Å². The predicted molar refractivity (Wildman–Crippen MR) is 51.0 cm³/mol. The normalized spacial score (nSPS) is 34.5. The van der Waals surface area contributed by atoms with Crippen molar-refractivity contribution in [2.24, 2.45) is 11.1 Å². The van der Waals surface area contributed by atoms with Gasteiger partial charge in [-0.25, -0.2) is 0 Å². The van der Waals surface area contributed by atoms with Gasteiger partial charge in [0.15, 0.2) is 0 Å². The molecule has 2 nitrogen and oxygen atoms in total. The zero-order valence-electron chi connectivity index (χ0n) is 8.85. The van der Waals surface area contributed by atoms with E-state index in [0.717, 1.165) is 6.42 Å². The average Bonchev–Trinajstić information content (AvgIpc) is 1.84. The van der Waals surface area contributed by atoms with Crippen molar-refractivity contribution >= 4 is 0 Å². The molecule has 0 spiro atoms. The highest BCUT2D eigenvalue weighted by Gasteiger charge is 2.48. The fourth-order valence-corrected chi connectivity index (χ4v) is 1.54. The lowest BCUT2D eigenvalue weighted by atomic mass is 9.65. The largest absolute Gasteiger partial charge is 0.372 e. The van der Waals surface area contributed by atoms with E-state index in [0.29, 0.717) is 12.1 Å². The maximum absolute atomic E-state index is 5.89. The minimum absolute atomic E-state index is 0.0396. The second-order valence-corrected chi connectivity index (χ2v) is 5.38. The molecular formula is C10H21NO. The third kappa shape index (κ3) is 1.80. The summed E-state index contributed by atoms with van der Waals surface area (Å²) in [4.78, 5) is 0. The highest BCUT2D eigenvalue weighted by atomic mass is 16.5. The quantitative estimate of drug-likeness (QED) is 0.654. The number of hydrogen-bond donors (Lipinski definition) is 1. The van der Waals surface area contributed by atoms with E-state index in [1.54, 1.807) is 0 Å². The maximum Gasteiger partial charge on any atom is 0.0662 e. The molecule has 12 heavy (non-hydrogen) atoms. The first kappa shape index (κ1) is 10.0. The van der Waals surface area contributed by atoms with Crippen molar-refractivity contribution in [1.82, 2.24) is 0 Å². The van der Waals surface area contributed by atoms with Gasteiger partial charge in [-0.15, -0.1) is 0 Å². The zero-order chi connectivity index (χ0) is 9.57. The summed E-state index contributed by atoms with van der Waals surface area (Å²) in [7, 11) is 0. The molecular weight excluding hydrogens is 150 g/mol. The van der Waals surface area contributed by atoms with E-state index < -0.39 is 0 Å². The van der Waals surface area contributed by atoms with Crippen LogP contribution in [0.25, 0.3) is 0 Å². The molecule has 1 fully saturated rings. The van der Waals surface area contributed by atoms with Crippen LogP contribution in [-0.4, -0.2) is 17.7 Å². The molecule has 0 unspecified atom stereocenters. The van der Waals surface area contributed by atoms with Crippen LogP contribution in [0.4, 0.5) is 0 Å². The monoisotopic (exact) mass is 171 g/mol. The maximum atomic E-state index is 5.89. The van der Waals surface area contributed by atoms with Gasteiger partial charge in [0.1, 0.15) is 0 Å². The zero-order valence-corrected chi connectivity index (χ0v) is 8.85. The second-order valence-electron chi connectivity index (χ2n) is 5.38. The molecule has 72 valence electrons. The second kappa shape index (κ2) is 2.71. The van der Waals surface area contributed by atoms with Gasteiger partial charge in [0.2, 0.25) is 0 Å². The molecule has 0 heterocycles. The Labute approximate surface area is 75.5 Å². The van der Waals surface area contributed by atoms with E-state index in [-0.39, 0.29) is 11.0 Å². The summed E-state index contributed by atoms with van der Waals surface area (Å²) in [6.07, 6.45) is 1.34. The smallest absolute Gasteiger partial charge is 0.0662 e. The number of ether oxygens (including phenoxy) is 1. The SMILES string of the molecule is CC(C)(C)O[C@@H]1C[C@@H](N)C1(C)C. The molecule has 1 saturated carbocycles.